The van der Waals surface area contributed by atoms with Crippen molar-refractivity contribution in [3.05, 3.63) is 0 Å². The Morgan fingerprint density at radius 3 is 2.12 bits per heavy atom. The fourth-order valence-corrected chi connectivity index (χ4v) is 1.71. The molecule has 7 nitrogen and oxygen atoms in total. The smallest absolute Gasteiger partial charge is 0.237 e. The Hall–Kier alpha value is -1.63. The molecule has 1 rings (SSSR count). The quantitative estimate of drug-likeness (QED) is 0.478. The molecule has 1 saturated heterocycles. The van der Waals surface area contributed by atoms with Crippen molar-refractivity contribution < 1.29 is 14.4 Å². The van der Waals surface area contributed by atoms with Gasteiger partial charge < -0.3 is 21.7 Å². The third-order valence-electron chi connectivity index (χ3n) is 2.41. The van der Waals surface area contributed by atoms with E-state index in [-0.39, 0.29) is 24.9 Å². The lowest BCUT2D eigenvalue weighted by molar-refractivity contribution is -0.140. The first-order valence-corrected chi connectivity index (χ1v) is 5.07. The average molecular weight is 228 g/mol. The van der Waals surface area contributed by atoms with Gasteiger partial charge >= 0.3 is 0 Å². The molecule has 7 heteroatoms. The number of primary amides is 2. The second-order valence-corrected chi connectivity index (χ2v) is 3.82. The number of rotatable bonds is 5. The second-order valence-electron chi connectivity index (χ2n) is 3.82. The van der Waals surface area contributed by atoms with E-state index in [2.05, 4.69) is 5.32 Å². The van der Waals surface area contributed by atoms with E-state index >= 15 is 0 Å². The number of nitrogens with zero attached hydrogens (tertiary/aromatic N) is 1. The minimum Gasteiger partial charge on any atom is -0.368 e. The Labute approximate surface area is 93.1 Å². The number of nitrogens with two attached hydrogens (primary N) is 2. The van der Waals surface area contributed by atoms with Crippen molar-refractivity contribution in [2.24, 2.45) is 17.4 Å². The fourth-order valence-electron chi connectivity index (χ4n) is 1.71. The monoisotopic (exact) mass is 228 g/mol. The van der Waals surface area contributed by atoms with E-state index in [9.17, 15) is 14.4 Å². The standard InChI is InChI=1S/C9H16N4O3/c10-7(14)4-13(5-8(11)15)9(16)6-1-2-12-3-6/h6,12H,1-5H2,(H2,10,14)(H2,11,15). The van der Waals surface area contributed by atoms with E-state index in [0.717, 1.165) is 11.4 Å². The molecular formula is C9H16N4O3. The van der Waals surface area contributed by atoms with Crippen LogP contribution in [0.15, 0.2) is 0 Å². The van der Waals surface area contributed by atoms with Gasteiger partial charge in [0.2, 0.25) is 17.7 Å². The molecule has 90 valence electrons. The van der Waals surface area contributed by atoms with Gasteiger partial charge in [-0.2, -0.15) is 0 Å². The molecule has 0 radical (unpaired) electrons. The summed E-state index contributed by atoms with van der Waals surface area (Å²) < 4.78 is 0. The van der Waals surface area contributed by atoms with Crippen molar-refractivity contribution in [2.75, 3.05) is 26.2 Å². The minimum atomic E-state index is -0.652. The summed E-state index contributed by atoms with van der Waals surface area (Å²) in [6.45, 7) is 0.792. The molecule has 16 heavy (non-hydrogen) atoms. The van der Waals surface area contributed by atoms with Gasteiger partial charge in [-0.15, -0.1) is 0 Å². The summed E-state index contributed by atoms with van der Waals surface area (Å²) in [4.78, 5) is 34.5. The molecular weight excluding hydrogens is 212 g/mol. The van der Waals surface area contributed by atoms with E-state index in [4.69, 9.17) is 11.5 Å². The van der Waals surface area contributed by atoms with E-state index < -0.39 is 11.8 Å². The first-order chi connectivity index (χ1) is 7.50. The summed E-state index contributed by atoms with van der Waals surface area (Å²) >= 11 is 0. The number of hydrogen-bond acceptors (Lipinski definition) is 4. The van der Waals surface area contributed by atoms with Gasteiger partial charge in [0.05, 0.1) is 19.0 Å². The number of nitrogens with one attached hydrogen (secondary N) is 1. The Morgan fingerprint density at radius 2 is 1.75 bits per heavy atom. The zero-order valence-electron chi connectivity index (χ0n) is 8.94. The predicted octanol–water partition coefficient (Wildman–Crippen LogP) is -2.60. The lowest BCUT2D eigenvalue weighted by Crippen LogP contribution is -2.46. The molecule has 5 N–H and O–H groups in total. The van der Waals surface area contributed by atoms with Crippen molar-refractivity contribution in [1.82, 2.24) is 10.2 Å². The number of amides is 3. The minimum absolute atomic E-state index is 0.196. The third-order valence-corrected chi connectivity index (χ3v) is 2.41. The van der Waals surface area contributed by atoms with E-state index in [0.29, 0.717) is 13.0 Å². The lowest BCUT2D eigenvalue weighted by atomic mass is 10.1. The second kappa shape index (κ2) is 5.45. The number of carbonyl (C=O) groups excluding carboxylic acids is 3. The van der Waals surface area contributed by atoms with Gasteiger partial charge in [0.25, 0.3) is 0 Å². The van der Waals surface area contributed by atoms with E-state index in [1.807, 2.05) is 0 Å². The van der Waals surface area contributed by atoms with Gasteiger partial charge in [-0.3, -0.25) is 14.4 Å². The van der Waals surface area contributed by atoms with Crippen LogP contribution in [-0.2, 0) is 14.4 Å². The van der Waals surface area contributed by atoms with E-state index in [1.54, 1.807) is 0 Å². The van der Waals surface area contributed by atoms with Crippen LogP contribution in [0.25, 0.3) is 0 Å². The maximum Gasteiger partial charge on any atom is 0.237 e. The average Bonchev–Trinajstić information content (AvgIpc) is 2.66. The summed E-state index contributed by atoms with van der Waals surface area (Å²) in [5.74, 6) is -1.75. The van der Waals surface area contributed by atoms with Crippen LogP contribution in [0, 0.1) is 5.92 Å². The molecule has 1 heterocycles. The third kappa shape index (κ3) is 3.50. The highest BCUT2D eigenvalue weighted by atomic mass is 16.2. The van der Waals surface area contributed by atoms with Gasteiger partial charge in [-0.25, -0.2) is 0 Å². The molecule has 1 fully saturated rings. The summed E-state index contributed by atoms with van der Waals surface area (Å²) in [7, 11) is 0. The fraction of sp³-hybridized carbons (Fsp3) is 0.667. The van der Waals surface area contributed by atoms with Gasteiger partial charge in [-0.05, 0) is 13.0 Å². The zero-order valence-corrected chi connectivity index (χ0v) is 8.94. The van der Waals surface area contributed by atoms with Gasteiger partial charge in [0, 0.05) is 6.54 Å². The Morgan fingerprint density at radius 1 is 1.19 bits per heavy atom. The van der Waals surface area contributed by atoms with Crippen molar-refractivity contribution in [1.29, 1.82) is 0 Å². The van der Waals surface area contributed by atoms with Crippen LogP contribution in [0.1, 0.15) is 6.42 Å². The van der Waals surface area contributed by atoms with Crippen molar-refractivity contribution in [3.8, 4) is 0 Å². The Kier molecular flexibility index (Phi) is 4.24. The summed E-state index contributed by atoms with van der Waals surface area (Å²) in [6, 6.07) is 0. The van der Waals surface area contributed by atoms with Crippen LogP contribution in [0.2, 0.25) is 0 Å². The molecule has 0 aliphatic carbocycles. The summed E-state index contributed by atoms with van der Waals surface area (Å²) in [6.07, 6.45) is 0.701. The first kappa shape index (κ1) is 12.4. The topological polar surface area (TPSA) is 119 Å². The van der Waals surface area contributed by atoms with Gasteiger partial charge in [0.1, 0.15) is 0 Å². The van der Waals surface area contributed by atoms with Crippen LogP contribution in [0.5, 0.6) is 0 Å². The van der Waals surface area contributed by atoms with Crippen LogP contribution in [0.3, 0.4) is 0 Å². The summed E-state index contributed by atoms with van der Waals surface area (Å²) in [5.41, 5.74) is 10.0. The molecule has 0 spiro atoms. The van der Waals surface area contributed by atoms with Crippen LogP contribution < -0.4 is 16.8 Å². The molecule has 3 amide bonds. The Balaban J connectivity index is 2.62. The maximum absolute atomic E-state index is 11.9. The SMILES string of the molecule is NC(=O)CN(CC(N)=O)C(=O)C1CCNC1. The Bertz CT molecular complexity index is 283. The molecule has 0 aromatic heterocycles. The molecule has 0 saturated carbocycles. The first-order valence-electron chi connectivity index (χ1n) is 5.07. The number of carbonyl (C=O) groups is 3. The van der Waals surface area contributed by atoms with Crippen molar-refractivity contribution >= 4 is 17.7 Å². The lowest BCUT2D eigenvalue weighted by Gasteiger charge is -2.22. The zero-order chi connectivity index (χ0) is 12.1. The molecule has 0 aromatic carbocycles. The van der Waals surface area contributed by atoms with Gasteiger partial charge in [0.15, 0.2) is 0 Å². The largest absolute Gasteiger partial charge is 0.368 e. The van der Waals surface area contributed by atoms with Crippen LogP contribution >= 0.6 is 0 Å². The molecule has 1 unspecified atom stereocenters. The van der Waals surface area contributed by atoms with Crippen LogP contribution in [-0.4, -0.2) is 48.8 Å². The number of hydrogen-bond donors (Lipinski definition) is 3. The predicted molar refractivity (Wildman–Crippen MR) is 55.9 cm³/mol. The molecule has 0 aromatic rings. The summed E-state index contributed by atoms with van der Waals surface area (Å²) in [5, 5.41) is 3.03. The molecule has 1 aliphatic rings. The van der Waals surface area contributed by atoms with Gasteiger partial charge in [-0.1, -0.05) is 0 Å². The maximum atomic E-state index is 11.9. The normalized spacial score (nSPS) is 19.4. The molecule has 0 bridgehead atoms. The van der Waals surface area contributed by atoms with E-state index in [1.165, 1.54) is 0 Å². The van der Waals surface area contributed by atoms with Crippen molar-refractivity contribution in [2.45, 2.75) is 6.42 Å². The molecule has 1 atom stereocenters. The highest BCUT2D eigenvalue weighted by Gasteiger charge is 2.28. The molecule has 1 aliphatic heterocycles. The highest BCUT2D eigenvalue weighted by Crippen LogP contribution is 2.11. The van der Waals surface area contributed by atoms with Crippen molar-refractivity contribution in [3.63, 3.8) is 0 Å². The van der Waals surface area contributed by atoms with Crippen LogP contribution in [0.4, 0.5) is 0 Å². The highest BCUT2D eigenvalue weighted by molar-refractivity contribution is 5.89.